The van der Waals surface area contributed by atoms with Crippen LogP contribution in [0.3, 0.4) is 0 Å². The van der Waals surface area contributed by atoms with Crippen molar-refractivity contribution in [2.75, 3.05) is 18.1 Å². The van der Waals surface area contributed by atoms with Crippen molar-refractivity contribution in [1.82, 2.24) is 0 Å². The fourth-order valence-electron chi connectivity index (χ4n) is 1.64. The van der Waals surface area contributed by atoms with Crippen molar-refractivity contribution >= 4 is 9.84 Å². The molecular formula is C11H14O4S. The highest BCUT2D eigenvalue weighted by atomic mass is 32.2. The molecule has 0 bridgehead atoms. The van der Waals surface area contributed by atoms with E-state index in [2.05, 4.69) is 0 Å². The lowest BCUT2D eigenvalue weighted by atomic mass is 10.1. The van der Waals surface area contributed by atoms with E-state index in [0.717, 1.165) is 5.56 Å². The van der Waals surface area contributed by atoms with E-state index < -0.39 is 9.84 Å². The summed E-state index contributed by atoms with van der Waals surface area (Å²) in [5.74, 6) is 0.915. The maximum Gasteiger partial charge on any atom is 0.157 e. The summed E-state index contributed by atoms with van der Waals surface area (Å²) >= 11 is 0. The van der Waals surface area contributed by atoms with Gasteiger partial charge in [-0.2, -0.15) is 0 Å². The normalized spacial score (nSPS) is 19.1. The minimum absolute atomic E-state index is 0.116. The Morgan fingerprint density at radius 3 is 2.38 bits per heavy atom. The highest BCUT2D eigenvalue weighted by molar-refractivity contribution is 7.92. The summed E-state index contributed by atoms with van der Waals surface area (Å²) in [5.41, 5.74) is 1.04. The van der Waals surface area contributed by atoms with Crippen LogP contribution >= 0.6 is 0 Å². The van der Waals surface area contributed by atoms with Gasteiger partial charge in [0.15, 0.2) is 9.84 Å². The summed E-state index contributed by atoms with van der Waals surface area (Å²) in [5, 5.41) is 8.74. The Morgan fingerprint density at radius 2 is 1.88 bits per heavy atom. The molecule has 1 aliphatic heterocycles. The first kappa shape index (κ1) is 11.4. The fraction of sp³-hybridized carbons (Fsp3) is 0.455. The van der Waals surface area contributed by atoms with Crippen LogP contribution in [0.25, 0.3) is 0 Å². The summed E-state index contributed by atoms with van der Waals surface area (Å²) in [7, 11) is -2.83. The van der Waals surface area contributed by atoms with Crippen molar-refractivity contribution < 1.29 is 18.3 Å². The smallest absolute Gasteiger partial charge is 0.157 e. The van der Waals surface area contributed by atoms with Crippen molar-refractivity contribution in [3.8, 4) is 5.75 Å². The molecule has 1 N–H and O–H groups in total. The first-order chi connectivity index (χ1) is 7.59. The lowest BCUT2D eigenvalue weighted by Gasteiger charge is -2.26. The summed E-state index contributed by atoms with van der Waals surface area (Å²) in [4.78, 5) is 0. The molecule has 0 unspecified atom stereocenters. The van der Waals surface area contributed by atoms with E-state index >= 15 is 0 Å². The molecule has 0 atom stereocenters. The second-order valence-corrected chi connectivity index (χ2v) is 6.09. The van der Waals surface area contributed by atoms with Crippen LogP contribution in [0.15, 0.2) is 24.3 Å². The minimum Gasteiger partial charge on any atom is -0.488 e. The predicted molar refractivity (Wildman–Crippen MR) is 60.3 cm³/mol. The van der Waals surface area contributed by atoms with Crippen molar-refractivity contribution in [2.45, 2.75) is 12.5 Å². The molecule has 0 amide bonds. The molecule has 1 aromatic rings. The third kappa shape index (κ3) is 2.74. The van der Waals surface area contributed by atoms with Gasteiger partial charge in [-0.25, -0.2) is 8.42 Å². The van der Waals surface area contributed by atoms with Crippen LogP contribution in [0.5, 0.6) is 5.75 Å². The van der Waals surface area contributed by atoms with Gasteiger partial charge in [-0.3, -0.25) is 0 Å². The summed E-state index contributed by atoms with van der Waals surface area (Å²) in [6, 6.07) is 7.35. The lowest BCUT2D eigenvalue weighted by molar-refractivity contribution is 0.230. The average molecular weight is 242 g/mol. The van der Waals surface area contributed by atoms with Crippen molar-refractivity contribution in [1.29, 1.82) is 0 Å². The van der Waals surface area contributed by atoms with E-state index in [4.69, 9.17) is 9.84 Å². The molecular weight excluding hydrogens is 228 g/mol. The molecule has 1 heterocycles. The van der Waals surface area contributed by atoms with Gasteiger partial charge in [0.05, 0.1) is 11.5 Å². The minimum atomic E-state index is -2.83. The van der Waals surface area contributed by atoms with E-state index in [-0.39, 0.29) is 24.2 Å². The summed E-state index contributed by atoms with van der Waals surface area (Å²) in [6.45, 7) is 0.126. The van der Waals surface area contributed by atoms with Gasteiger partial charge >= 0.3 is 0 Å². The number of hydrogen-bond donors (Lipinski definition) is 1. The predicted octanol–water partition coefficient (Wildman–Crippen LogP) is 0.397. The van der Waals surface area contributed by atoms with Gasteiger partial charge in [0.1, 0.15) is 11.9 Å². The highest BCUT2D eigenvalue weighted by Gasteiger charge is 2.35. The molecule has 1 aromatic carbocycles. The number of aliphatic hydroxyl groups is 1. The van der Waals surface area contributed by atoms with Gasteiger partial charge < -0.3 is 9.84 Å². The van der Waals surface area contributed by atoms with Crippen LogP contribution in [0, 0.1) is 0 Å². The Kier molecular flexibility index (Phi) is 3.16. The Labute approximate surface area is 94.8 Å². The van der Waals surface area contributed by atoms with Crippen LogP contribution < -0.4 is 4.74 Å². The second kappa shape index (κ2) is 4.43. The molecule has 16 heavy (non-hydrogen) atoms. The SMILES string of the molecule is O=S1(=O)CC(Oc2ccc(CCO)cc2)C1. The molecule has 1 aliphatic rings. The molecule has 0 radical (unpaired) electrons. The number of sulfone groups is 1. The first-order valence-corrected chi connectivity index (χ1v) is 6.98. The third-order valence-electron chi connectivity index (χ3n) is 2.51. The molecule has 0 saturated carbocycles. The third-order valence-corrected chi connectivity index (χ3v) is 4.27. The quantitative estimate of drug-likeness (QED) is 0.830. The van der Waals surface area contributed by atoms with E-state index in [0.29, 0.717) is 12.2 Å². The largest absolute Gasteiger partial charge is 0.488 e. The van der Waals surface area contributed by atoms with Crippen LogP contribution in [0.4, 0.5) is 0 Å². The summed E-state index contributed by atoms with van der Waals surface area (Å²) in [6.07, 6.45) is 0.423. The Morgan fingerprint density at radius 1 is 1.25 bits per heavy atom. The highest BCUT2D eigenvalue weighted by Crippen LogP contribution is 2.20. The maximum absolute atomic E-state index is 10.9. The molecule has 0 aromatic heterocycles. The van der Waals surface area contributed by atoms with Crippen molar-refractivity contribution in [3.05, 3.63) is 29.8 Å². The zero-order valence-corrected chi connectivity index (χ0v) is 9.61. The Hall–Kier alpha value is -1.07. The van der Waals surface area contributed by atoms with E-state index in [1.54, 1.807) is 12.1 Å². The molecule has 88 valence electrons. The summed E-state index contributed by atoms with van der Waals surface area (Å²) < 4.78 is 27.3. The maximum atomic E-state index is 10.9. The van der Waals surface area contributed by atoms with Gasteiger partial charge in [0.25, 0.3) is 0 Å². The number of rotatable bonds is 4. The van der Waals surface area contributed by atoms with Gasteiger partial charge in [-0.05, 0) is 24.1 Å². The number of benzene rings is 1. The molecule has 1 saturated heterocycles. The lowest BCUT2D eigenvalue weighted by Crippen LogP contribution is -2.45. The number of ether oxygens (including phenoxy) is 1. The number of aliphatic hydroxyl groups excluding tert-OH is 1. The average Bonchev–Trinajstić information content (AvgIpc) is 2.18. The van der Waals surface area contributed by atoms with E-state index in [1.807, 2.05) is 12.1 Å². The monoisotopic (exact) mass is 242 g/mol. The molecule has 2 rings (SSSR count). The topological polar surface area (TPSA) is 63.6 Å². The number of hydrogen-bond acceptors (Lipinski definition) is 4. The zero-order chi connectivity index (χ0) is 11.6. The van der Waals surface area contributed by atoms with Gasteiger partial charge in [0.2, 0.25) is 0 Å². The van der Waals surface area contributed by atoms with Gasteiger partial charge in [-0.15, -0.1) is 0 Å². The van der Waals surface area contributed by atoms with Gasteiger partial charge in [0, 0.05) is 6.61 Å². The van der Waals surface area contributed by atoms with Crippen LogP contribution in [-0.4, -0.2) is 37.7 Å². The first-order valence-electron chi connectivity index (χ1n) is 5.16. The Balaban J connectivity index is 1.91. The van der Waals surface area contributed by atoms with E-state index in [1.165, 1.54) is 0 Å². The molecule has 1 fully saturated rings. The zero-order valence-electron chi connectivity index (χ0n) is 8.80. The second-order valence-electron chi connectivity index (χ2n) is 3.93. The van der Waals surface area contributed by atoms with Crippen LogP contribution in [0.2, 0.25) is 0 Å². The van der Waals surface area contributed by atoms with Gasteiger partial charge in [-0.1, -0.05) is 12.1 Å². The molecule has 0 aliphatic carbocycles. The Bertz CT molecular complexity index is 437. The molecule has 4 nitrogen and oxygen atoms in total. The standard InChI is InChI=1S/C11H14O4S/c12-6-5-9-1-3-10(4-2-9)15-11-7-16(13,14)8-11/h1-4,11-12H,5-8H2. The molecule has 5 heteroatoms. The van der Waals surface area contributed by atoms with E-state index in [9.17, 15) is 8.42 Å². The molecule has 0 spiro atoms. The fourth-order valence-corrected chi connectivity index (χ4v) is 2.81. The van der Waals surface area contributed by atoms with Crippen molar-refractivity contribution in [2.24, 2.45) is 0 Å². The van der Waals surface area contributed by atoms with Crippen LogP contribution in [0.1, 0.15) is 5.56 Å². The van der Waals surface area contributed by atoms with Crippen LogP contribution in [-0.2, 0) is 16.3 Å². The van der Waals surface area contributed by atoms with Crippen molar-refractivity contribution in [3.63, 3.8) is 0 Å².